The second kappa shape index (κ2) is 7.07. The van der Waals surface area contributed by atoms with E-state index in [0.29, 0.717) is 26.0 Å². The average molecular weight is 285 g/mol. The highest BCUT2D eigenvalue weighted by molar-refractivity contribution is 5.85. The van der Waals surface area contributed by atoms with Crippen LogP contribution >= 0.6 is 0 Å². The molecule has 0 saturated carbocycles. The van der Waals surface area contributed by atoms with Crippen molar-refractivity contribution >= 4 is 11.9 Å². The van der Waals surface area contributed by atoms with Gasteiger partial charge in [0, 0.05) is 26.7 Å². The molecule has 0 spiro atoms. The van der Waals surface area contributed by atoms with Gasteiger partial charge in [0.15, 0.2) is 0 Å². The Morgan fingerprint density at radius 2 is 2.00 bits per heavy atom. The van der Waals surface area contributed by atoms with E-state index < -0.39 is 11.6 Å². The Bertz CT molecular complexity index is 348. The number of rotatable bonds is 5. The van der Waals surface area contributed by atoms with Crippen molar-refractivity contribution in [1.82, 2.24) is 4.90 Å². The van der Waals surface area contributed by atoms with Crippen molar-refractivity contribution in [2.75, 3.05) is 20.3 Å². The Labute approximate surface area is 121 Å². The zero-order valence-electron chi connectivity index (χ0n) is 13.3. The molecule has 1 rings (SSSR count). The van der Waals surface area contributed by atoms with Crippen molar-refractivity contribution in [2.24, 2.45) is 5.92 Å². The molecule has 1 fully saturated rings. The molecular weight excluding hydrogens is 258 g/mol. The number of carbonyl (C=O) groups is 2. The quantitative estimate of drug-likeness (QED) is 0.725. The van der Waals surface area contributed by atoms with Crippen molar-refractivity contribution < 1.29 is 19.1 Å². The number of ether oxygens (including phenoxy) is 2. The molecule has 1 saturated heterocycles. The number of hydrogen-bond donors (Lipinski definition) is 0. The first-order valence-corrected chi connectivity index (χ1v) is 7.26. The fraction of sp³-hybridized carbons (Fsp3) is 0.867. The molecule has 5 heteroatoms. The molecule has 116 valence electrons. The van der Waals surface area contributed by atoms with Crippen LogP contribution in [-0.2, 0) is 19.1 Å². The second-order valence-corrected chi connectivity index (χ2v) is 6.54. The fourth-order valence-electron chi connectivity index (χ4n) is 2.44. The van der Waals surface area contributed by atoms with Crippen LogP contribution in [0.3, 0.4) is 0 Å². The number of hydrogen-bond acceptors (Lipinski definition) is 4. The Hall–Kier alpha value is -1.10. The van der Waals surface area contributed by atoms with Crippen LogP contribution in [0.15, 0.2) is 0 Å². The lowest BCUT2D eigenvalue weighted by atomic mass is 10.1. The first-order chi connectivity index (χ1) is 9.24. The minimum atomic E-state index is -0.516. The van der Waals surface area contributed by atoms with E-state index in [1.165, 1.54) is 0 Å². The number of nitrogens with zero attached hydrogens (tertiary/aromatic N) is 1. The zero-order valence-corrected chi connectivity index (χ0v) is 13.3. The molecule has 20 heavy (non-hydrogen) atoms. The third-order valence-corrected chi connectivity index (χ3v) is 3.23. The van der Waals surface area contributed by atoms with E-state index in [0.717, 1.165) is 6.42 Å². The molecule has 0 N–H and O–H groups in total. The SMILES string of the molecule is COCC(C)CC(=O)N1CCC[C@H]1C(=O)OC(C)(C)C. The number of likely N-dealkylation sites (tertiary alicyclic amines) is 1. The highest BCUT2D eigenvalue weighted by atomic mass is 16.6. The molecule has 1 aliphatic heterocycles. The molecular formula is C15H27NO4. The molecule has 5 nitrogen and oxygen atoms in total. The second-order valence-electron chi connectivity index (χ2n) is 6.54. The molecule has 1 unspecified atom stereocenters. The van der Waals surface area contributed by atoms with Crippen LogP contribution in [0.4, 0.5) is 0 Å². The largest absolute Gasteiger partial charge is 0.458 e. The van der Waals surface area contributed by atoms with Crippen LogP contribution in [0.5, 0.6) is 0 Å². The predicted octanol–water partition coefficient (Wildman–Crippen LogP) is 1.99. The van der Waals surface area contributed by atoms with E-state index in [4.69, 9.17) is 9.47 Å². The van der Waals surface area contributed by atoms with Gasteiger partial charge in [0.2, 0.25) is 5.91 Å². The van der Waals surface area contributed by atoms with Crippen LogP contribution in [-0.4, -0.2) is 48.7 Å². The Morgan fingerprint density at radius 1 is 1.35 bits per heavy atom. The fourth-order valence-corrected chi connectivity index (χ4v) is 2.44. The summed E-state index contributed by atoms with van der Waals surface area (Å²) in [6, 6.07) is -0.420. The van der Waals surface area contributed by atoms with Crippen LogP contribution in [0.2, 0.25) is 0 Å². The molecule has 0 radical (unpaired) electrons. The highest BCUT2D eigenvalue weighted by Crippen LogP contribution is 2.22. The van der Waals surface area contributed by atoms with Gasteiger partial charge in [0.1, 0.15) is 11.6 Å². The summed E-state index contributed by atoms with van der Waals surface area (Å²) >= 11 is 0. The van der Waals surface area contributed by atoms with E-state index in [1.54, 1.807) is 12.0 Å². The van der Waals surface area contributed by atoms with Gasteiger partial charge in [-0.3, -0.25) is 4.79 Å². The topological polar surface area (TPSA) is 55.8 Å². The van der Waals surface area contributed by atoms with Gasteiger partial charge < -0.3 is 14.4 Å². The minimum Gasteiger partial charge on any atom is -0.458 e. The monoisotopic (exact) mass is 285 g/mol. The average Bonchev–Trinajstić information content (AvgIpc) is 2.75. The normalized spacial score (nSPS) is 20.9. The molecule has 0 aliphatic carbocycles. The van der Waals surface area contributed by atoms with Crippen LogP contribution in [0.1, 0.15) is 47.0 Å². The molecule has 1 amide bonds. The van der Waals surface area contributed by atoms with E-state index in [-0.39, 0.29) is 17.8 Å². The molecule has 0 aromatic carbocycles. The lowest BCUT2D eigenvalue weighted by Crippen LogP contribution is -2.44. The first-order valence-electron chi connectivity index (χ1n) is 7.26. The molecule has 1 heterocycles. The maximum atomic E-state index is 12.3. The molecule has 0 aromatic rings. The van der Waals surface area contributed by atoms with Crippen LogP contribution < -0.4 is 0 Å². The highest BCUT2D eigenvalue weighted by Gasteiger charge is 2.36. The van der Waals surface area contributed by atoms with Gasteiger partial charge in [0.05, 0.1) is 0 Å². The van der Waals surface area contributed by atoms with Crippen molar-refractivity contribution in [3.8, 4) is 0 Å². The smallest absolute Gasteiger partial charge is 0.329 e. The van der Waals surface area contributed by atoms with E-state index in [1.807, 2.05) is 27.7 Å². The minimum absolute atomic E-state index is 0.0166. The van der Waals surface area contributed by atoms with Crippen molar-refractivity contribution in [3.05, 3.63) is 0 Å². The van der Waals surface area contributed by atoms with Crippen LogP contribution in [0, 0.1) is 5.92 Å². The summed E-state index contributed by atoms with van der Waals surface area (Å²) in [5, 5.41) is 0. The van der Waals surface area contributed by atoms with Gasteiger partial charge in [0.25, 0.3) is 0 Å². The Morgan fingerprint density at radius 3 is 2.55 bits per heavy atom. The summed E-state index contributed by atoms with van der Waals surface area (Å²) in [5.41, 5.74) is -0.516. The lowest BCUT2D eigenvalue weighted by molar-refractivity contribution is -0.163. The first kappa shape index (κ1) is 17.0. The number of esters is 1. The summed E-state index contributed by atoms with van der Waals surface area (Å²) < 4.78 is 10.4. The van der Waals surface area contributed by atoms with Gasteiger partial charge in [-0.05, 0) is 39.5 Å². The summed E-state index contributed by atoms with van der Waals surface area (Å²) in [5.74, 6) is -0.113. The molecule has 2 atom stereocenters. The van der Waals surface area contributed by atoms with E-state index in [2.05, 4.69) is 0 Å². The maximum absolute atomic E-state index is 12.3. The van der Waals surface area contributed by atoms with Gasteiger partial charge in [-0.2, -0.15) is 0 Å². The third-order valence-electron chi connectivity index (χ3n) is 3.23. The Kier molecular flexibility index (Phi) is 5.99. The third kappa shape index (κ3) is 5.12. The van der Waals surface area contributed by atoms with Gasteiger partial charge >= 0.3 is 5.97 Å². The summed E-state index contributed by atoms with van der Waals surface area (Å²) in [6.45, 7) is 8.69. The van der Waals surface area contributed by atoms with Crippen molar-refractivity contribution in [1.29, 1.82) is 0 Å². The van der Waals surface area contributed by atoms with Crippen LogP contribution in [0.25, 0.3) is 0 Å². The Balaban J connectivity index is 2.60. The summed E-state index contributed by atoms with van der Waals surface area (Å²) in [4.78, 5) is 26.1. The van der Waals surface area contributed by atoms with Gasteiger partial charge in [-0.1, -0.05) is 6.92 Å². The van der Waals surface area contributed by atoms with Gasteiger partial charge in [-0.25, -0.2) is 4.79 Å². The number of methoxy groups -OCH3 is 1. The number of carbonyl (C=O) groups excluding carboxylic acids is 2. The van der Waals surface area contributed by atoms with Crippen molar-refractivity contribution in [2.45, 2.75) is 58.6 Å². The van der Waals surface area contributed by atoms with Crippen molar-refractivity contribution in [3.63, 3.8) is 0 Å². The van der Waals surface area contributed by atoms with E-state index >= 15 is 0 Å². The molecule has 0 aromatic heterocycles. The lowest BCUT2D eigenvalue weighted by Gasteiger charge is -2.28. The van der Waals surface area contributed by atoms with E-state index in [9.17, 15) is 9.59 Å². The summed E-state index contributed by atoms with van der Waals surface area (Å²) in [6.07, 6.45) is 1.96. The maximum Gasteiger partial charge on any atom is 0.329 e. The van der Waals surface area contributed by atoms with Gasteiger partial charge in [-0.15, -0.1) is 0 Å². The molecule has 0 bridgehead atoms. The zero-order chi connectivity index (χ0) is 15.3. The molecule has 1 aliphatic rings. The standard InChI is InChI=1S/C15H27NO4/c1-11(10-19-5)9-13(17)16-8-6-7-12(16)14(18)20-15(2,3)4/h11-12H,6-10H2,1-5H3/t11?,12-/m0/s1. The number of amides is 1. The predicted molar refractivity (Wildman–Crippen MR) is 76.2 cm³/mol. The summed E-state index contributed by atoms with van der Waals surface area (Å²) in [7, 11) is 1.63.